The molecule has 2 aromatic heterocycles. The summed E-state index contributed by atoms with van der Waals surface area (Å²) in [5, 5.41) is 3.47. The molecule has 2 N–H and O–H groups in total. The van der Waals surface area contributed by atoms with Crippen LogP contribution >= 0.6 is 0 Å². The Kier molecular flexibility index (Phi) is 2.36. The molecule has 0 saturated carbocycles. The van der Waals surface area contributed by atoms with E-state index in [1.54, 1.807) is 0 Å². The molecule has 1 saturated heterocycles. The number of fused-ring (bicyclic) bond motifs is 1. The first-order valence-corrected chi connectivity index (χ1v) is 5.94. The molecule has 2 aromatic rings. The van der Waals surface area contributed by atoms with Crippen molar-refractivity contribution in [1.29, 1.82) is 0 Å². The quantitative estimate of drug-likeness (QED) is 0.794. The summed E-state index contributed by atoms with van der Waals surface area (Å²) in [6.45, 7) is 3.12. The van der Waals surface area contributed by atoms with Gasteiger partial charge in [0.1, 0.15) is 11.6 Å². The van der Waals surface area contributed by atoms with Crippen molar-refractivity contribution in [2.45, 2.75) is 31.7 Å². The number of hydrogen-bond acceptors (Lipinski definition) is 3. The van der Waals surface area contributed by atoms with E-state index >= 15 is 0 Å². The SMILES string of the molecule is C[C@@]1(c2nc3ncc(F)cc3[nH]2)CCCCN1. The molecule has 17 heavy (non-hydrogen) atoms. The highest BCUT2D eigenvalue weighted by atomic mass is 19.1. The van der Waals surface area contributed by atoms with E-state index in [1.807, 2.05) is 0 Å². The number of hydrogen-bond donors (Lipinski definition) is 2. The summed E-state index contributed by atoms with van der Waals surface area (Å²) >= 11 is 0. The number of imidazole rings is 1. The summed E-state index contributed by atoms with van der Waals surface area (Å²) in [6.07, 6.45) is 4.62. The van der Waals surface area contributed by atoms with Gasteiger partial charge in [-0.3, -0.25) is 0 Å². The molecule has 5 heteroatoms. The Morgan fingerprint density at radius 2 is 2.29 bits per heavy atom. The third kappa shape index (κ3) is 1.80. The van der Waals surface area contributed by atoms with Crippen LogP contribution in [0.15, 0.2) is 12.3 Å². The van der Waals surface area contributed by atoms with Crippen LogP contribution in [0.3, 0.4) is 0 Å². The summed E-state index contributed by atoms with van der Waals surface area (Å²) in [5.74, 6) is 0.514. The summed E-state index contributed by atoms with van der Waals surface area (Å²) in [5.41, 5.74) is 1.10. The number of halogens is 1. The minimum absolute atomic E-state index is 0.143. The van der Waals surface area contributed by atoms with E-state index < -0.39 is 0 Å². The first-order chi connectivity index (χ1) is 8.17. The number of nitrogens with one attached hydrogen (secondary N) is 2. The van der Waals surface area contributed by atoms with Gasteiger partial charge in [0.2, 0.25) is 0 Å². The molecule has 0 unspecified atom stereocenters. The lowest BCUT2D eigenvalue weighted by atomic mass is 9.90. The van der Waals surface area contributed by atoms with Gasteiger partial charge in [-0.05, 0) is 32.7 Å². The molecule has 0 aromatic carbocycles. The van der Waals surface area contributed by atoms with Gasteiger partial charge >= 0.3 is 0 Å². The molecular formula is C12H15FN4. The van der Waals surface area contributed by atoms with Crippen LogP contribution in [-0.4, -0.2) is 21.5 Å². The van der Waals surface area contributed by atoms with Gasteiger partial charge in [0.05, 0.1) is 17.3 Å². The lowest BCUT2D eigenvalue weighted by molar-refractivity contribution is 0.271. The van der Waals surface area contributed by atoms with Gasteiger partial charge in [-0.25, -0.2) is 14.4 Å². The van der Waals surface area contributed by atoms with Crippen LogP contribution < -0.4 is 5.32 Å². The summed E-state index contributed by atoms with van der Waals surface area (Å²) in [4.78, 5) is 11.6. The van der Waals surface area contributed by atoms with Gasteiger partial charge in [0.15, 0.2) is 5.65 Å². The van der Waals surface area contributed by atoms with Crippen LogP contribution in [0.2, 0.25) is 0 Å². The molecule has 1 aliphatic rings. The maximum atomic E-state index is 13.1. The second-order valence-electron chi connectivity index (χ2n) is 4.83. The van der Waals surface area contributed by atoms with Crippen molar-refractivity contribution < 1.29 is 4.39 Å². The summed E-state index contributed by atoms with van der Waals surface area (Å²) in [7, 11) is 0. The van der Waals surface area contributed by atoms with Crippen LogP contribution in [0.4, 0.5) is 4.39 Å². The first-order valence-electron chi connectivity index (χ1n) is 5.94. The highest BCUT2D eigenvalue weighted by molar-refractivity contribution is 5.70. The molecule has 3 heterocycles. The third-order valence-electron chi connectivity index (χ3n) is 3.45. The molecular weight excluding hydrogens is 219 g/mol. The van der Waals surface area contributed by atoms with Gasteiger partial charge in [-0.15, -0.1) is 0 Å². The number of aromatic amines is 1. The normalized spacial score (nSPS) is 25.3. The van der Waals surface area contributed by atoms with Crippen LogP contribution in [0.25, 0.3) is 11.2 Å². The Balaban J connectivity index is 2.05. The fourth-order valence-electron chi connectivity index (χ4n) is 2.39. The van der Waals surface area contributed by atoms with E-state index in [1.165, 1.54) is 25.1 Å². The van der Waals surface area contributed by atoms with Crippen molar-refractivity contribution in [1.82, 2.24) is 20.3 Å². The molecule has 1 atom stereocenters. The Hall–Kier alpha value is -1.49. The zero-order valence-electron chi connectivity index (χ0n) is 9.76. The van der Waals surface area contributed by atoms with Crippen LogP contribution in [0, 0.1) is 5.82 Å². The predicted molar refractivity (Wildman–Crippen MR) is 63.1 cm³/mol. The first kappa shape index (κ1) is 10.7. The zero-order chi connectivity index (χ0) is 11.9. The van der Waals surface area contributed by atoms with Crippen molar-refractivity contribution in [3.63, 3.8) is 0 Å². The number of piperidine rings is 1. The molecule has 0 spiro atoms. The standard InChI is InChI=1S/C12H15FN4/c1-12(4-2-3-5-15-12)11-16-9-6-8(13)7-14-10(9)17-11/h6-7,15H,2-5H2,1H3,(H,14,16,17)/t12-/m0/s1. The molecule has 0 radical (unpaired) electrons. The second-order valence-corrected chi connectivity index (χ2v) is 4.83. The van der Waals surface area contributed by atoms with E-state index in [9.17, 15) is 4.39 Å². The molecule has 0 amide bonds. The lowest BCUT2D eigenvalue weighted by Gasteiger charge is -2.32. The molecule has 4 nitrogen and oxygen atoms in total. The highest BCUT2D eigenvalue weighted by Gasteiger charge is 2.31. The van der Waals surface area contributed by atoms with E-state index in [-0.39, 0.29) is 11.4 Å². The van der Waals surface area contributed by atoms with Gasteiger partial charge < -0.3 is 10.3 Å². The number of aromatic nitrogens is 3. The number of nitrogens with zero attached hydrogens (tertiary/aromatic N) is 2. The molecule has 1 aliphatic heterocycles. The van der Waals surface area contributed by atoms with Gasteiger partial charge in [-0.1, -0.05) is 0 Å². The lowest BCUT2D eigenvalue weighted by Crippen LogP contribution is -2.44. The molecule has 3 rings (SSSR count). The molecule has 90 valence electrons. The van der Waals surface area contributed by atoms with Crippen LogP contribution in [0.1, 0.15) is 32.0 Å². The fourth-order valence-corrected chi connectivity index (χ4v) is 2.39. The molecule has 0 bridgehead atoms. The minimum atomic E-state index is -0.338. The van der Waals surface area contributed by atoms with E-state index in [0.29, 0.717) is 11.2 Å². The van der Waals surface area contributed by atoms with E-state index in [4.69, 9.17) is 0 Å². The van der Waals surface area contributed by atoms with Crippen molar-refractivity contribution in [3.05, 3.63) is 23.9 Å². The Morgan fingerprint density at radius 1 is 1.41 bits per heavy atom. The minimum Gasteiger partial charge on any atom is -0.339 e. The molecule has 1 fully saturated rings. The second kappa shape index (κ2) is 3.77. The maximum Gasteiger partial charge on any atom is 0.177 e. The number of pyridine rings is 1. The summed E-state index contributed by atoms with van der Waals surface area (Å²) < 4.78 is 13.1. The van der Waals surface area contributed by atoms with Crippen molar-refractivity contribution in [3.8, 4) is 0 Å². The van der Waals surface area contributed by atoms with Gasteiger partial charge in [-0.2, -0.15) is 0 Å². The number of rotatable bonds is 1. The Bertz CT molecular complexity index is 542. The largest absolute Gasteiger partial charge is 0.339 e. The average Bonchev–Trinajstić information content (AvgIpc) is 2.73. The van der Waals surface area contributed by atoms with Gasteiger partial charge in [0.25, 0.3) is 0 Å². The van der Waals surface area contributed by atoms with Crippen molar-refractivity contribution in [2.75, 3.05) is 6.54 Å². The highest BCUT2D eigenvalue weighted by Crippen LogP contribution is 2.28. The zero-order valence-corrected chi connectivity index (χ0v) is 9.76. The average molecular weight is 234 g/mol. The number of H-pyrrole nitrogens is 1. The van der Waals surface area contributed by atoms with Crippen LogP contribution in [0.5, 0.6) is 0 Å². The molecule has 0 aliphatic carbocycles. The smallest absolute Gasteiger partial charge is 0.177 e. The Labute approximate surface area is 98.7 Å². The van der Waals surface area contributed by atoms with E-state index in [2.05, 4.69) is 27.2 Å². The maximum absolute atomic E-state index is 13.1. The fraction of sp³-hybridized carbons (Fsp3) is 0.500. The third-order valence-corrected chi connectivity index (χ3v) is 3.45. The topological polar surface area (TPSA) is 53.6 Å². The van der Waals surface area contributed by atoms with E-state index in [0.717, 1.165) is 18.8 Å². The van der Waals surface area contributed by atoms with Crippen molar-refractivity contribution in [2.24, 2.45) is 0 Å². The summed E-state index contributed by atoms with van der Waals surface area (Å²) in [6, 6.07) is 1.44. The monoisotopic (exact) mass is 234 g/mol. The predicted octanol–water partition coefficient (Wildman–Crippen LogP) is 2.09. The van der Waals surface area contributed by atoms with Crippen molar-refractivity contribution >= 4 is 11.2 Å². The van der Waals surface area contributed by atoms with Crippen LogP contribution in [-0.2, 0) is 5.54 Å². The van der Waals surface area contributed by atoms with Gasteiger partial charge in [0, 0.05) is 6.07 Å². The Morgan fingerprint density at radius 3 is 3.06 bits per heavy atom.